The lowest BCUT2D eigenvalue weighted by Crippen LogP contribution is -2.33. The first-order valence-corrected chi connectivity index (χ1v) is 9.33. The summed E-state index contributed by atoms with van der Waals surface area (Å²) in [4.78, 5) is 10.8. The van der Waals surface area contributed by atoms with E-state index in [0.717, 1.165) is 19.4 Å². The summed E-state index contributed by atoms with van der Waals surface area (Å²) in [5, 5.41) is 0. The number of carbonyl (C=O) groups is 1. The van der Waals surface area contributed by atoms with Gasteiger partial charge in [-0.05, 0) is 32.0 Å². The van der Waals surface area contributed by atoms with Crippen LogP contribution in [0.25, 0.3) is 0 Å². The van der Waals surface area contributed by atoms with Crippen LogP contribution < -0.4 is 0 Å². The quantitative estimate of drug-likeness (QED) is 0.260. The van der Waals surface area contributed by atoms with Gasteiger partial charge in [-0.3, -0.25) is 0 Å². The van der Waals surface area contributed by atoms with E-state index >= 15 is 0 Å². The number of rotatable bonds is 10. The first-order valence-electron chi connectivity index (χ1n) is 6.51. The summed E-state index contributed by atoms with van der Waals surface area (Å²) in [7, 11) is -1.44. The normalized spacial score (nSPS) is 14.1. The second-order valence-electron chi connectivity index (χ2n) is 4.42. The molecule has 0 rings (SSSR count). The fraction of sp³-hybridized carbons (Fsp3) is 0.769. The Hall–Kier alpha value is -0.613. The standard InChI is InChI=1S/C13H26O3Si/c1-5-13(14)15-11-9-8-10-12-17(4,7-3)16-6-2/h5H,1,6-12H2,2-4H3. The van der Waals surface area contributed by atoms with Gasteiger partial charge in [-0.1, -0.05) is 26.3 Å². The second kappa shape index (κ2) is 9.42. The van der Waals surface area contributed by atoms with Crippen molar-refractivity contribution in [2.45, 2.75) is 51.7 Å². The van der Waals surface area contributed by atoms with Crippen molar-refractivity contribution in [2.24, 2.45) is 0 Å². The third-order valence-electron chi connectivity index (χ3n) is 3.00. The summed E-state index contributed by atoms with van der Waals surface area (Å²) in [6, 6.07) is 2.37. The molecule has 0 radical (unpaired) electrons. The Balaban J connectivity index is 3.55. The summed E-state index contributed by atoms with van der Waals surface area (Å²) in [5.41, 5.74) is 0. The van der Waals surface area contributed by atoms with Crippen LogP contribution in [0.1, 0.15) is 33.1 Å². The first kappa shape index (κ1) is 16.4. The topological polar surface area (TPSA) is 35.5 Å². The van der Waals surface area contributed by atoms with E-state index in [1.807, 2.05) is 0 Å². The van der Waals surface area contributed by atoms with Gasteiger partial charge < -0.3 is 9.16 Å². The van der Waals surface area contributed by atoms with E-state index in [1.165, 1.54) is 24.6 Å². The lowest BCUT2D eigenvalue weighted by atomic mass is 10.3. The number of hydrogen-bond donors (Lipinski definition) is 0. The highest BCUT2D eigenvalue weighted by atomic mass is 28.4. The third-order valence-corrected chi connectivity index (χ3v) is 6.89. The summed E-state index contributed by atoms with van der Waals surface area (Å²) in [6.45, 7) is 11.3. The monoisotopic (exact) mass is 258 g/mol. The molecule has 17 heavy (non-hydrogen) atoms. The maximum Gasteiger partial charge on any atom is 0.330 e. The maximum absolute atomic E-state index is 10.8. The molecule has 3 nitrogen and oxygen atoms in total. The molecule has 0 aromatic heterocycles. The van der Waals surface area contributed by atoms with Crippen molar-refractivity contribution >= 4 is 14.3 Å². The highest BCUT2D eigenvalue weighted by molar-refractivity contribution is 6.72. The van der Waals surface area contributed by atoms with E-state index < -0.39 is 8.32 Å². The predicted octanol–water partition coefficient (Wildman–Crippen LogP) is 3.52. The molecule has 0 bridgehead atoms. The van der Waals surface area contributed by atoms with Crippen LogP contribution in [0.5, 0.6) is 0 Å². The molecule has 0 heterocycles. The molecule has 1 atom stereocenters. The SMILES string of the molecule is C=CC(=O)OCCCCC[Si](C)(CC)OCC. The van der Waals surface area contributed by atoms with E-state index in [1.54, 1.807) is 0 Å². The third kappa shape index (κ3) is 8.16. The molecule has 0 amide bonds. The van der Waals surface area contributed by atoms with Crippen LogP contribution in [0.15, 0.2) is 12.7 Å². The Kier molecular flexibility index (Phi) is 9.08. The predicted molar refractivity (Wildman–Crippen MR) is 73.5 cm³/mol. The molecule has 0 saturated carbocycles. The molecule has 1 unspecified atom stereocenters. The van der Waals surface area contributed by atoms with Gasteiger partial charge in [0.05, 0.1) is 6.61 Å². The molecule has 100 valence electrons. The number of esters is 1. The summed E-state index contributed by atoms with van der Waals surface area (Å²) < 4.78 is 10.8. The van der Waals surface area contributed by atoms with Crippen LogP contribution in [0, 0.1) is 0 Å². The molecule has 0 aromatic rings. The summed E-state index contributed by atoms with van der Waals surface area (Å²) >= 11 is 0. The molecule has 0 saturated heterocycles. The fourth-order valence-corrected chi connectivity index (χ4v) is 4.11. The zero-order valence-electron chi connectivity index (χ0n) is 11.5. The average molecular weight is 258 g/mol. The van der Waals surface area contributed by atoms with Crippen LogP contribution in [0.2, 0.25) is 18.6 Å². The Labute approximate surface area is 106 Å². The zero-order valence-corrected chi connectivity index (χ0v) is 12.5. The van der Waals surface area contributed by atoms with Crippen molar-refractivity contribution in [3.8, 4) is 0 Å². The van der Waals surface area contributed by atoms with Crippen LogP contribution >= 0.6 is 0 Å². The number of hydrogen-bond acceptors (Lipinski definition) is 3. The Morgan fingerprint density at radius 2 is 2.00 bits per heavy atom. The average Bonchev–Trinajstić information content (AvgIpc) is 2.33. The second-order valence-corrected chi connectivity index (χ2v) is 8.81. The molecular weight excluding hydrogens is 232 g/mol. The largest absolute Gasteiger partial charge is 0.463 e. The Morgan fingerprint density at radius 1 is 1.29 bits per heavy atom. The number of unbranched alkanes of at least 4 members (excludes halogenated alkanes) is 2. The molecule has 0 spiro atoms. The highest BCUT2D eigenvalue weighted by Gasteiger charge is 2.25. The van der Waals surface area contributed by atoms with Gasteiger partial charge in [0.2, 0.25) is 0 Å². The van der Waals surface area contributed by atoms with E-state index in [0.29, 0.717) is 6.61 Å². The van der Waals surface area contributed by atoms with Gasteiger partial charge in [0.25, 0.3) is 0 Å². The van der Waals surface area contributed by atoms with Gasteiger partial charge in [-0.15, -0.1) is 0 Å². The minimum absolute atomic E-state index is 0.327. The van der Waals surface area contributed by atoms with Crippen molar-refractivity contribution in [1.29, 1.82) is 0 Å². The van der Waals surface area contributed by atoms with Crippen LogP contribution in [-0.4, -0.2) is 27.5 Å². The van der Waals surface area contributed by atoms with Crippen molar-refractivity contribution in [3.05, 3.63) is 12.7 Å². The van der Waals surface area contributed by atoms with E-state index in [-0.39, 0.29) is 5.97 Å². The summed E-state index contributed by atoms with van der Waals surface area (Å²) in [5.74, 6) is -0.327. The van der Waals surface area contributed by atoms with Crippen molar-refractivity contribution in [3.63, 3.8) is 0 Å². The van der Waals surface area contributed by atoms with E-state index in [4.69, 9.17) is 9.16 Å². The summed E-state index contributed by atoms with van der Waals surface area (Å²) in [6.07, 6.45) is 4.40. The number of carbonyl (C=O) groups excluding carboxylic acids is 1. The fourth-order valence-electron chi connectivity index (χ4n) is 1.71. The smallest absolute Gasteiger partial charge is 0.330 e. The van der Waals surface area contributed by atoms with Gasteiger partial charge in [0, 0.05) is 12.7 Å². The van der Waals surface area contributed by atoms with Crippen molar-refractivity contribution in [1.82, 2.24) is 0 Å². The van der Waals surface area contributed by atoms with E-state index in [9.17, 15) is 4.79 Å². The van der Waals surface area contributed by atoms with Gasteiger partial charge >= 0.3 is 5.97 Å². The van der Waals surface area contributed by atoms with Crippen LogP contribution in [0.4, 0.5) is 0 Å². The molecule has 0 fully saturated rings. The van der Waals surface area contributed by atoms with Crippen LogP contribution in [-0.2, 0) is 14.0 Å². The van der Waals surface area contributed by atoms with Gasteiger partial charge in [-0.2, -0.15) is 0 Å². The van der Waals surface area contributed by atoms with Crippen molar-refractivity contribution in [2.75, 3.05) is 13.2 Å². The van der Waals surface area contributed by atoms with E-state index in [2.05, 4.69) is 27.0 Å². The minimum Gasteiger partial charge on any atom is -0.463 e. The molecular formula is C13H26O3Si. The maximum atomic E-state index is 10.8. The van der Waals surface area contributed by atoms with Gasteiger partial charge in [-0.25, -0.2) is 4.79 Å². The molecule has 0 N–H and O–H groups in total. The lowest BCUT2D eigenvalue weighted by molar-refractivity contribution is -0.137. The first-order chi connectivity index (χ1) is 8.08. The molecule has 0 aromatic carbocycles. The zero-order chi connectivity index (χ0) is 13.1. The van der Waals surface area contributed by atoms with Crippen molar-refractivity contribution < 1.29 is 14.0 Å². The minimum atomic E-state index is -1.44. The molecule has 0 aliphatic heterocycles. The molecule has 0 aliphatic rings. The molecule has 4 heteroatoms. The van der Waals surface area contributed by atoms with Gasteiger partial charge in [0.15, 0.2) is 8.32 Å². The Bertz CT molecular complexity index is 231. The molecule has 0 aliphatic carbocycles. The highest BCUT2D eigenvalue weighted by Crippen LogP contribution is 2.20. The Morgan fingerprint density at radius 3 is 2.53 bits per heavy atom. The van der Waals surface area contributed by atoms with Gasteiger partial charge in [0.1, 0.15) is 0 Å². The number of ether oxygens (including phenoxy) is 1. The lowest BCUT2D eigenvalue weighted by Gasteiger charge is -2.25. The van der Waals surface area contributed by atoms with Crippen LogP contribution in [0.3, 0.4) is 0 Å².